The average Bonchev–Trinajstić information content (AvgIpc) is 3.34. The quantitative estimate of drug-likeness (QED) is 0.329. The van der Waals surface area contributed by atoms with Crippen molar-refractivity contribution in [2.24, 2.45) is 7.05 Å². The molecule has 1 unspecified atom stereocenters. The van der Waals surface area contributed by atoms with E-state index in [4.69, 9.17) is 4.74 Å². The first kappa shape index (κ1) is 27.3. The second-order valence-corrected chi connectivity index (χ2v) is 11.5. The van der Waals surface area contributed by atoms with Gasteiger partial charge in [0.1, 0.15) is 11.0 Å². The molecule has 0 bridgehead atoms. The molecule has 0 radical (unpaired) electrons. The van der Waals surface area contributed by atoms with E-state index in [1.807, 2.05) is 51.1 Å². The summed E-state index contributed by atoms with van der Waals surface area (Å²) in [5, 5.41) is 3.94. The van der Waals surface area contributed by atoms with Gasteiger partial charge in [-0.05, 0) is 43.0 Å². The number of aromatic nitrogens is 5. The van der Waals surface area contributed by atoms with E-state index >= 15 is 0 Å². The van der Waals surface area contributed by atoms with Gasteiger partial charge in [-0.1, -0.05) is 31.2 Å². The Balaban J connectivity index is 1.38. The third-order valence-corrected chi connectivity index (χ3v) is 8.18. The topological polar surface area (TPSA) is 132 Å². The highest BCUT2D eigenvalue weighted by Crippen LogP contribution is 2.31. The van der Waals surface area contributed by atoms with Crippen LogP contribution >= 0.6 is 0 Å². The van der Waals surface area contributed by atoms with Gasteiger partial charge in [0.25, 0.3) is 10.0 Å². The Morgan fingerprint density at radius 2 is 1.88 bits per heavy atom. The first-order chi connectivity index (χ1) is 19.1. The highest BCUT2D eigenvalue weighted by atomic mass is 32.2. The molecule has 1 fully saturated rings. The van der Waals surface area contributed by atoms with Crippen molar-refractivity contribution in [1.29, 1.82) is 0 Å². The van der Waals surface area contributed by atoms with Crippen molar-refractivity contribution < 1.29 is 17.9 Å². The molecule has 1 N–H and O–H groups in total. The largest absolute Gasteiger partial charge is 0.470 e. The van der Waals surface area contributed by atoms with Gasteiger partial charge in [-0.3, -0.25) is 14.5 Å². The summed E-state index contributed by atoms with van der Waals surface area (Å²) in [6.07, 6.45) is 6.43. The van der Waals surface area contributed by atoms with Gasteiger partial charge in [0.2, 0.25) is 17.7 Å². The van der Waals surface area contributed by atoms with E-state index < -0.39 is 10.0 Å². The van der Waals surface area contributed by atoms with Crippen LogP contribution in [0.2, 0.25) is 0 Å². The fourth-order valence-electron chi connectivity index (χ4n) is 4.81. The van der Waals surface area contributed by atoms with Gasteiger partial charge < -0.3 is 9.64 Å². The van der Waals surface area contributed by atoms with Crippen molar-refractivity contribution in [1.82, 2.24) is 29.6 Å². The molecule has 4 aromatic rings. The third kappa shape index (κ3) is 5.67. The number of pyridine rings is 1. The first-order valence-corrected chi connectivity index (χ1v) is 14.5. The van der Waals surface area contributed by atoms with Crippen molar-refractivity contribution in [2.75, 3.05) is 17.8 Å². The van der Waals surface area contributed by atoms with E-state index in [1.165, 1.54) is 17.1 Å². The monoisotopic (exact) mass is 561 g/mol. The van der Waals surface area contributed by atoms with Gasteiger partial charge in [-0.15, -0.1) is 0 Å². The minimum atomic E-state index is -3.98. The Morgan fingerprint density at radius 3 is 2.50 bits per heavy atom. The number of rotatable bonds is 9. The summed E-state index contributed by atoms with van der Waals surface area (Å²) < 4.78 is 36.0. The smallest absolute Gasteiger partial charge is 0.267 e. The second-order valence-electron chi connectivity index (χ2n) is 9.87. The lowest BCUT2D eigenvalue weighted by molar-refractivity contribution is -0.141. The molecule has 208 valence electrons. The summed E-state index contributed by atoms with van der Waals surface area (Å²) in [6.45, 7) is 6.70. The number of carbonyl (C=O) groups is 1. The van der Waals surface area contributed by atoms with Gasteiger partial charge in [-0.25, -0.2) is 18.1 Å². The molecule has 40 heavy (non-hydrogen) atoms. The predicted octanol–water partition coefficient (Wildman–Crippen LogP) is 3.47. The van der Waals surface area contributed by atoms with Gasteiger partial charge >= 0.3 is 0 Å². The molecule has 3 aromatic heterocycles. The Bertz CT molecular complexity index is 1610. The van der Waals surface area contributed by atoms with Crippen LogP contribution in [0.3, 0.4) is 0 Å². The number of benzene rings is 1. The summed E-state index contributed by atoms with van der Waals surface area (Å²) in [5.41, 5.74) is 4.24. The van der Waals surface area contributed by atoms with Crippen LogP contribution < -0.4 is 9.46 Å². The zero-order valence-electron chi connectivity index (χ0n) is 22.8. The highest BCUT2D eigenvalue weighted by Gasteiger charge is 2.36. The lowest BCUT2D eigenvalue weighted by Gasteiger charge is -2.40. The maximum Gasteiger partial charge on any atom is 0.267 e. The molecule has 1 saturated heterocycles. The summed E-state index contributed by atoms with van der Waals surface area (Å²) in [5.74, 6) is -0.140. The Morgan fingerprint density at radius 1 is 1.12 bits per heavy atom. The predicted molar refractivity (Wildman–Crippen MR) is 149 cm³/mol. The van der Waals surface area contributed by atoms with Crippen molar-refractivity contribution in [3.63, 3.8) is 0 Å². The molecule has 1 amide bonds. The molecule has 0 saturated carbocycles. The summed E-state index contributed by atoms with van der Waals surface area (Å²) in [6, 6.07) is 11.3. The number of hydrogen-bond donors (Lipinski definition) is 1. The molecule has 1 aliphatic rings. The fraction of sp³-hybridized carbons (Fsp3) is 0.321. The summed E-state index contributed by atoms with van der Waals surface area (Å²) in [7, 11) is -2.35. The zero-order valence-corrected chi connectivity index (χ0v) is 23.6. The van der Waals surface area contributed by atoms with Gasteiger partial charge in [0, 0.05) is 37.3 Å². The normalized spacial score (nSPS) is 14.4. The van der Waals surface area contributed by atoms with Gasteiger partial charge in [-0.2, -0.15) is 10.1 Å². The van der Waals surface area contributed by atoms with Crippen LogP contribution in [-0.2, 0) is 21.9 Å². The first-order valence-electron chi connectivity index (χ1n) is 13.0. The number of carbonyl (C=O) groups excluding carboxylic acids is 1. The average molecular weight is 562 g/mol. The maximum atomic E-state index is 13.1. The Hall–Kier alpha value is -4.32. The van der Waals surface area contributed by atoms with Crippen LogP contribution in [0.25, 0.3) is 11.3 Å². The van der Waals surface area contributed by atoms with E-state index in [-0.39, 0.29) is 34.7 Å². The van der Waals surface area contributed by atoms with Crippen molar-refractivity contribution in [3.05, 3.63) is 77.9 Å². The van der Waals surface area contributed by atoms with Gasteiger partial charge in [0.05, 0.1) is 30.9 Å². The molecule has 12 heteroatoms. The van der Waals surface area contributed by atoms with Crippen LogP contribution in [0, 0.1) is 13.8 Å². The lowest BCUT2D eigenvalue weighted by Crippen LogP contribution is -2.57. The molecule has 0 aliphatic carbocycles. The van der Waals surface area contributed by atoms with Crippen LogP contribution in [0.15, 0.2) is 66.1 Å². The standard InChI is InChI=1S/C28H31N7O4S/c1-5-23(20-10-7-11-29-13-20)27(36)35-15-21(16-35)39-25-12-24(26-18(2)8-6-9-19(26)3)31-28(32-25)33-40(37,38)22-14-30-34(4)17-22/h6-14,17,21,23H,5,15-16H2,1-4H3,(H,31,32,33). The Labute approximate surface area is 233 Å². The zero-order chi connectivity index (χ0) is 28.4. The number of nitrogens with zero attached hydrogens (tertiary/aromatic N) is 6. The summed E-state index contributed by atoms with van der Waals surface area (Å²) >= 11 is 0. The molecule has 1 aliphatic heterocycles. The van der Waals surface area contributed by atoms with Crippen LogP contribution in [0.5, 0.6) is 5.88 Å². The van der Waals surface area contributed by atoms with Crippen molar-refractivity contribution in [3.8, 4) is 17.1 Å². The highest BCUT2D eigenvalue weighted by molar-refractivity contribution is 7.92. The van der Waals surface area contributed by atoms with E-state index in [2.05, 4.69) is 24.8 Å². The van der Waals surface area contributed by atoms with Crippen molar-refractivity contribution >= 4 is 21.9 Å². The van der Waals surface area contributed by atoms with E-state index in [0.717, 1.165) is 22.3 Å². The van der Waals surface area contributed by atoms with E-state index in [9.17, 15) is 13.2 Å². The third-order valence-electron chi connectivity index (χ3n) is 6.90. The van der Waals surface area contributed by atoms with Crippen molar-refractivity contribution in [2.45, 2.75) is 44.1 Å². The number of ether oxygens (including phenoxy) is 1. The second kappa shape index (κ2) is 11.0. The number of hydrogen-bond acceptors (Lipinski definition) is 8. The molecular formula is C28H31N7O4S. The molecule has 11 nitrogen and oxygen atoms in total. The van der Waals surface area contributed by atoms with Crippen LogP contribution in [0.4, 0.5) is 5.95 Å². The SMILES string of the molecule is CCC(C(=O)N1CC(Oc2cc(-c3c(C)cccc3C)nc(NS(=O)(=O)c3cnn(C)c3)n2)C1)c1cccnc1. The number of nitrogens with one attached hydrogen (secondary N) is 1. The molecule has 4 heterocycles. The molecule has 5 rings (SSSR count). The van der Waals surface area contributed by atoms with Crippen LogP contribution in [0.1, 0.15) is 36.0 Å². The minimum absolute atomic E-state index is 0.00853. The van der Waals surface area contributed by atoms with Gasteiger partial charge in [0.15, 0.2) is 0 Å². The number of aryl methyl sites for hydroxylation is 3. The molecular weight excluding hydrogens is 530 g/mol. The number of anilines is 1. The van der Waals surface area contributed by atoms with E-state index in [1.54, 1.807) is 30.4 Å². The summed E-state index contributed by atoms with van der Waals surface area (Å²) in [4.78, 5) is 27.9. The lowest BCUT2D eigenvalue weighted by atomic mass is 9.95. The van der Waals surface area contributed by atoms with E-state index in [0.29, 0.717) is 25.2 Å². The number of sulfonamides is 1. The molecule has 0 spiro atoms. The minimum Gasteiger partial charge on any atom is -0.470 e. The number of amides is 1. The van der Waals surface area contributed by atoms with Crippen LogP contribution in [-0.4, -0.2) is 63.2 Å². The number of likely N-dealkylation sites (tertiary alicyclic amines) is 1. The maximum absolute atomic E-state index is 13.1. The Kier molecular flexibility index (Phi) is 7.53. The fourth-order valence-corrected chi connectivity index (χ4v) is 5.74. The molecule has 1 aromatic carbocycles. The molecule has 1 atom stereocenters.